The molecule has 138 valence electrons. The molecule has 4 aromatic rings. The lowest BCUT2D eigenvalue weighted by Crippen LogP contribution is -2.18. The van der Waals surface area contributed by atoms with Crippen LogP contribution in [-0.2, 0) is 5.92 Å². The maximum Gasteiger partial charge on any atom is 0.295 e. The smallest absolute Gasteiger partial charge is 0.295 e. The number of aliphatic hydroxyl groups is 1. The van der Waals surface area contributed by atoms with Crippen molar-refractivity contribution in [3.8, 4) is 10.6 Å². The summed E-state index contributed by atoms with van der Waals surface area (Å²) in [7, 11) is 0. The molecule has 0 aliphatic heterocycles. The number of thiophene rings is 1. The lowest BCUT2D eigenvalue weighted by molar-refractivity contribution is -0.0555. The lowest BCUT2D eigenvalue weighted by atomic mass is 10.1. The van der Waals surface area contributed by atoms with Crippen LogP contribution in [0.25, 0.3) is 21.7 Å². The van der Waals surface area contributed by atoms with Crippen LogP contribution in [0.3, 0.4) is 0 Å². The van der Waals surface area contributed by atoms with E-state index in [0.717, 1.165) is 4.88 Å². The first-order valence-electron chi connectivity index (χ1n) is 7.75. The first-order valence-corrected chi connectivity index (χ1v) is 8.57. The molecular weight excluding hydrogens is 378 g/mol. The highest BCUT2D eigenvalue weighted by Gasteiger charge is 2.30. The van der Waals surface area contributed by atoms with Crippen LogP contribution in [0.15, 0.2) is 47.3 Å². The molecule has 0 spiro atoms. The van der Waals surface area contributed by atoms with Crippen LogP contribution < -0.4 is 5.32 Å². The minimum absolute atomic E-state index is 0.133. The molecule has 4 rings (SSSR count). The summed E-state index contributed by atoms with van der Waals surface area (Å²) in [4.78, 5) is 24.3. The van der Waals surface area contributed by atoms with Crippen molar-refractivity contribution < 1.29 is 23.1 Å². The van der Waals surface area contributed by atoms with Crippen molar-refractivity contribution in [3.05, 3.63) is 53.4 Å². The van der Waals surface area contributed by atoms with E-state index in [0.29, 0.717) is 21.7 Å². The number of benzene rings is 1. The Hall–Kier alpha value is -3.11. The van der Waals surface area contributed by atoms with Crippen molar-refractivity contribution >= 4 is 34.2 Å². The van der Waals surface area contributed by atoms with Crippen LogP contribution in [0.5, 0.6) is 0 Å². The highest BCUT2D eigenvalue weighted by atomic mass is 32.1. The molecule has 1 amide bonds. The number of halogens is 2. The Labute approximate surface area is 154 Å². The molecule has 0 radical (unpaired) electrons. The maximum atomic E-state index is 13.6. The fraction of sp³-hybridized carbons (Fsp3) is 0.118. The largest absolute Gasteiger partial charge is 0.443 e. The van der Waals surface area contributed by atoms with Gasteiger partial charge in [0.05, 0.1) is 27.0 Å². The summed E-state index contributed by atoms with van der Waals surface area (Å²) in [5, 5.41) is 11.4. The molecule has 0 atom stereocenters. The molecule has 3 aromatic heterocycles. The highest BCUT2D eigenvalue weighted by Crippen LogP contribution is 2.30. The molecule has 3 heterocycles. The Morgan fingerprint density at radius 1 is 1.33 bits per heavy atom. The standard InChI is InChI=1S/C17H12F2N4O3S/c18-17(19,7-24)9-1-2-10-11(5-9)22-16(21-10)23-15(25)14-4-3-13(27-14)12-6-20-8-26-12/h1-6,8,24H,7H2,(H2,21,22,23,25). The van der Waals surface area contributed by atoms with Crippen molar-refractivity contribution in [3.63, 3.8) is 0 Å². The minimum atomic E-state index is -3.35. The second-order valence-electron chi connectivity index (χ2n) is 5.66. The molecule has 0 aliphatic carbocycles. The third-order valence-electron chi connectivity index (χ3n) is 3.84. The van der Waals surface area contributed by atoms with Gasteiger partial charge in [-0.3, -0.25) is 10.1 Å². The molecule has 0 bridgehead atoms. The normalized spacial score (nSPS) is 11.8. The van der Waals surface area contributed by atoms with Crippen LogP contribution in [0.4, 0.5) is 14.7 Å². The first kappa shape index (κ1) is 17.3. The summed E-state index contributed by atoms with van der Waals surface area (Å²) in [5.41, 5.74) is 0.398. The van der Waals surface area contributed by atoms with Crippen molar-refractivity contribution in [2.24, 2.45) is 0 Å². The molecule has 0 aliphatic rings. The molecule has 0 saturated carbocycles. The number of carbonyl (C=O) groups excluding carboxylic acids is 1. The van der Waals surface area contributed by atoms with E-state index in [2.05, 4.69) is 20.3 Å². The van der Waals surface area contributed by atoms with Gasteiger partial charge in [-0.15, -0.1) is 11.3 Å². The average molecular weight is 390 g/mol. The number of rotatable bonds is 5. The fourth-order valence-corrected chi connectivity index (χ4v) is 3.34. The number of aliphatic hydroxyl groups excluding tert-OH is 1. The number of hydrogen-bond donors (Lipinski definition) is 3. The van der Waals surface area contributed by atoms with Gasteiger partial charge < -0.3 is 14.5 Å². The van der Waals surface area contributed by atoms with Gasteiger partial charge in [-0.1, -0.05) is 6.07 Å². The Morgan fingerprint density at radius 3 is 2.93 bits per heavy atom. The molecule has 0 fully saturated rings. The number of alkyl halides is 2. The van der Waals surface area contributed by atoms with Crippen LogP contribution >= 0.6 is 11.3 Å². The van der Waals surface area contributed by atoms with E-state index in [1.807, 2.05) is 0 Å². The van der Waals surface area contributed by atoms with Crippen LogP contribution in [0, 0.1) is 0 Å². The second-order valence-corrected chi connectivity index (χ2v) is 6.75. The zero-order valence-corrected chi connectivity index (χ0v) is 14.4. The molecule has 7 nitrogen and oxygen atoms in total. The number of aromatic amines is 1. The monoisotopic (exact) mass is 390 g/mol. The number of nitrogens with one attached hydrogen (secondary N) is 2. The zero-order chi connectivity index (χ0) is 19.0. The summed E-state index contributed by atoms with van der Waals surface area (Å²) in [6.07, 6.45) is 2.85. The number of carbonyl (C=O) groups is 1. The van der Waals surface area contributed by atoms with E-state index in [9.17, 15) is 13.6 Å². The number of imidazole rings is 1. The highest BCUT2D eigenvalue weighted by molar-refractivity contribution is 7.17. The van der Waals surface area contributed by atoms with Gasteiger partial charge in [0.25, 0.3) is 11.8 Å². The Bertz CT molecular complexity index is 1100. The predicted molar refractivity (Wildman–Crippen MR) is 94.8 cm³/mol. The van der Waals surface area contributed by atoms with Crippen molar-refractivity contribution in [2.75, 3.05) is 11.9 Å². The fourth-order valence-electron chi connectivity index (χ4n) is 2.49. The van der Waals surface area contributed by atoms with Gasteiger partial charge in [-0.2, -0.15) is 8.78 Å². The topological polar surface area (TPSA) is 104 Å². The van der Waals surface area contributed by atoms with E-state index in [1.54, 1.807) is 18.3 Å². The van der Waals surface area contributed by atoms with Gasteiger partial charge in [0.2, 0.25) is 5.95 Å². The van der Waals surface area contributed by atoms with E-state index >= 15 is 0 Å². The second kappa shape index (κ2) is 6.56. The van der Waals surface area contributed by atoms with Gasteiger partial charge in [0.15, 0.2) is 12.2 Å². The van der Waals surface area contributed by atoms with Crippen LogP contribution in [0.1, 0.15) is 15.2 Å². The summed E-state index contributed by atoms with van der Waals surface area (Å²) in [6, 6.07) is 7.16. The molecule has 27 heavy (non-hydrogen) atoms. The predicted octanol–water partition coefficient (Wildman–Crippen LogP) is 3.62. The molecule has 1 aromatic carbocycles. The zero-order valence-electron chi connectivity index (χ0n) is 13.6. The first-order chi connectivity index (χ1) is 13.0. The van der Waals surface area contributed by atoms with E-state index in [1.165, 1.54) is 35.9 Å². The van der Waals surface area contributed by atoms with E-state index in [4.69, 9.17) is 9.52 Å². The molecule has 0 unspecified atom stereocenters. The molecule has 10 heteroatoms. The van der Waals surface area contributed by atoms with Gasteiger partial charge in [0.1, 0.15) is 6.61 Å². The third-order valence-corrected chi connectivity index (χ3v) is 4.94. The van der Waals surface area contributed by atoms with Gasteiger partial charge in [0, 0.05) is 5.56 Å². The van der Waals surface area contributed by atoms with E-state index in [-0.39, 0.29) is 11.5 Å². The lowest BCUT2D eigenvalue weighted by Gasteiger charge is -2.12. The van der Waals surface area contributed by atoms with Crippen molar-refractivity contribution in [1.82, 2.24) is 15.0 Å². The maximum absolute atomic E-state index is 13.6. The SMILES string of the molecule is O=C(Nc1nc2ccc(C(F)(F)CO)cc2[nH]1)c1ccc(-c2cnco2)s1. The third kappa shape index (κ3) is 3.32. The number of oxazole rings is 1. The van der Waals surface area contributed by atoms with Crippen LogP contribution in [0.2, 0.25) is 0 Å². The summed E-state index contributed by atoms with van der Waals surface area (Å²) in [6.45, 7) is -1.29. The number of amides is 1. The van der Waals surface area contributed by atoms with Gasteiger partial charge in [-0.25, -0.2) is 9.97 Å². The quantitative estimate of drug-likeness (QED) is 0.483. The summed E-state index contributed by atoms with van der Waals surface area (Å²) in [5.74, 6) is -3.06. The van der Waals surface area contributed by atoms with Crippen molar-refractivity contribution in [2.45, 2.75) is 5.92 Å². The number of H-pyrrole nitrogens is 1. The Balaban J connectivity index is 1.55. The van der Waals surface area contributed by atoms with Crippen LogP contribution in [-0.4, -0.2) is 32.6 Å². The number of anilines is 1. The minimum Gasteiger partial charge on any atom is -0.443 e. The average Bonchev–Trinajstić information content (AvgIpc) is 3.39. The number of aromatic nitrogens is 3. The van der Waals surface area contributed by atoms with Gasteiger partial charge >= 0.3 is 0 Å². The number of nitrogens with zero attached hydrogens (tertiary/aromatic N) is 2. The number of fused-ring (bicyclic) bond motifs is 1. The molecule has 0 saturated heterocycles. The molecular formula is C17H12F2N4O3S. The van der Waals surface area contributed by atoms with E-state index < -0.39 is 18.4 Å². The Kier molecular flexibility index (Phi) is 4.21. The Morgan fingerprint density at radius 2 is 2.19 bits per heavy atom. The summed E-state index contributed by atoms with van der Waals surface area (Å²) >= 11 is 1.22. The summed E-state index contributed by atoms with van der Waals surface area (Å²) < 4.78 is 32.4. The molecule has 3 N–H and O–H groups in total. The van der Waals surface area contributed by atoms with Gasteiger partial charge in [-0.05, 0) is 24.3 Å². The number of hydrogen-bond acceptors (Lipinski definition) is 6. The van der Waals surface area contributed by atoms with Crippen molar-refractivity contribution in [1.29, 1.82) is 0 Å².